The number of aryl methyl sites for hydroxylation is 1. The van der Waals surface area contributed by atoms with Crippen LogP contribution in [0.25, 0.3) is 0 Å². The van der Waals surface area contributed by atoms with Crippen molar-refractivity contribution in [3.63, 3.8) is 0 Å². The molecule has 2 heterocycles. The van der Waals surface area contributed by atoms with Crippen LogP contribution in [-0.4, -0.2) is 57.3 Å². The minimum atomic E-state index is 0.822. The summed E-state index contributed by atoms with van der Waals surface area (Å²) in [5.74, 6) is 3.61. The van der Waals surface area contributed by atoms with Gasteiger partial charge in [-0.15, -0.1) is 0 Å². The average molecular weight is 269 g/mol. The highest BCUT2D eigenvalue weighted by atomic mass is 32.2. The van der Waals surface area contributed by atoms with Gasteiger partial charge in [0, 0.05) is 44.2 Å². The van der Waals surface area contributed by atoms with E-state index in [1.807, 2.05) is 4.68 Å². The Labute approximate surface area is 113 Å². The number of nitrogens with zero attached hydrogens (tertiary/aromatic N) is 4. The van der Waals surface area contributed by atoms with E-state index < -0.39 is 0 Å². The zero-order chi connectivity index (χ0) is 12.6. The summed E-state index contributed by atoms with van der Waals surface area (Å²) in [7, 11) is 0. The summed E-state index contributed by atoms with van der Waals surface area (Å²) < 4.78 is 1.99. The van der Waals surface area contributed by atoms with E-state index in [1.54, 1.807) is 6.33 Å². The van der Waals surface area contributed by atoms with Gasteiger partial charge in [-0.1, -0.05) is 6.92 Å². The van der Waals surface area contributed by atoms with Gasteiger partial charge in [0.05, 0.1) is 6.54 Å². The number of aromatic nitrogens is 3. The van der Waals surface area contributed by atoms with Crippen LogP contribution in [0.2, 0.25) is 0 Å². The van der Waals surface area contributed by atoms with Crippen molar-refractivity contribution >= 4 is 11.8 Å². The largest absolute Gasteiger partial charge is 0.309 e. The molecule has 0 amide bonds. The van der Waals surface area contributed by atoms with Gasteiger partial charge in [0.1, 0.15) is 12.2 Å². The average Bonchev–Trinajstić information content (AvgIpc) is 2.84. The van der Waals surface area contributed by atoms with Crippen molar-refractivity contribution < 1.29 is 0 Å². The molecule has 102 valence electrons. The van der Waals surface area contributed by atoms with E-state index in [-0.39, 0.29) is 0 Å². The molecular formula is C12H23N5S. The van der Waals surface area contributed by atoms with Crippen molar-refractivity contribution in [2.75, 3.05) is 37.7 Å². The maximum Gasteiger partial charge on any atom is 0.140 e. The molecule has 0 aromatic carbocycles. The van der Waals surface area contributed by atoms with E-state index in [2.05, 4.69) is 39.0 Å². The first-order valence-corrected chi connectivity index (χ1v) is 7.93. The molecule has 1 saturated heterocycles. The van der Waals surface area contributed by atoms with Crippen LogP contribution in [0.4, 0.5) is 0 Å². The fourth-order valence-corrected chi connectivity index (χ4v) is 3.06. The van der Waals surface area contributed by atoms with E-state index in [4.69, 9.17) is 0 Å². The first-order chi connectivity index (χ1) is 8.90. The van der Waals surface area contributed by atoms with Crippen LogP contribution in [0.5, 0.6) is 0 Å². The highest BCUT2D eigenvalue weighted by Gasteiger charge is 2.09. The minimum absolute atomic E-state index is 0.822. The molecule has 0 saturated carbocycles. The summed E-state index contributed by atoms with van der Waals surface area (Å²) in [5, 5.41) is 7.69. The third-order valence-electron chi connectivity index (χ3n) is 3.12. The predicted molar refractivity (Wildman–Crippen MR) is 75.8 cm³/mol. The van der Waals surface area contributed by atoms with E-state index in [0.717, 1.165) is 38.4 Å². The molecular weight excluding hydrogens is 246 g/mol. The molecule has 6 heteroatoms. The van der Waals surface area contributed by atoms with Crippen molar-refractivity contribution in [3.05, 3.63) is 12.2 Å². The number of hydrogen-bond donors (Lipinski definition) is 1. The Bertz CT molecular complexity index is 335. The Hall–Kier alpha value is -0.590. The third-order valence-corrected chi connectivity index (χ3v) is 4.07. The molecule has 1 aromatic rings. The lowest BCUT2D eigenvalue weighted by atomic mass is 10.4. The normalized spacial score (nSPS) is 17.2. The molecule has 0 radical (unpaired) electrons. The molecule has 18 heavy (non-hydrogen) atoms. The van der Waals surface area contributed by atoms with Crippen molar-refractivity contribution in [3.8, 4) is 0 Å². The second-order valence-electron chi connectivity index (χ2n) is 4.53. The van der Waals surface area contributed by atoms with Gasteiger partial charge in [-0.3, -0.25) is 0 Å². The van der Waals surface area contributed by atoms with Crippen molar-refractivity contribution in [1.82, 2.24) is 25.0 Å². The summed E-state index contributed by atoms with van der Waals surface area (Å²) in [6.07, 6.45) is 2.75. The van der Waals surface area contributed by atoms with Crippen LogP contribution >= 0.6 is 11.8 Å². The Morgan fingerprint density at radius 3 is 2.94 bits per heavy atom. The molecule has 1 fully saturated rings. The zero-order valence-corrected chi connectivity index (χ0v) is 12.0. The lowest BCUT2D eigenvalue weighted by Crippen LogP contribution is -2.37. The lowest BCUT2D eigenvalue weighted by molar-refractivity contribution is 0.300. The molecule has 0 spiro atoms. The van der Waals surface area contributed by atoms with E-state index in [1.165, 1.54) is 24.6 Å². The maximum absolute atomic E-state index is 4.29. The second-order valence-corrected chi connectivity index (χ2v) is 5.75. The highest BCUT2D eigenvalue weighted by molar-refractivity contribution is 7.99. The highest BCUT2D eigenvalue weighted by Crippen LogP contribution is 2.07. The predicted octanol–water partition coefficient (Wildman–Crippen LogP) is 0.827. The van der Waals surface area contributed by atoms with Crippen LogP contribution in [0.15, 0.2) is 6.33 Å². The van der Waals surface area contributed by atoms with Gasteiger partial charge in [0.2, 0.25) is 0 Å². The molecule has 2 rings (SSSR count). The first kappa shape index (κ1) is 13.8. The quantitative estimate of drug-likeness (QED) is 0.743. The van der Waals surface area contributed by atoms with Crippen LogP contribution in [0.3, 0.4) is 0 Å². The fourth-order valence-electron chi connectivity index (χ4n) is 2.09. The standard InChI is InChI=1S/C12H23N5S/c1-2-4-17-12(14-11-15-17)10-13-3-5-16-6-8-18-9-7-16/h11,13H,2-10H2,1H3. The van der Waals surface area contributed by atoms with Crippen LogP contribution in [-0.2, 0) is 13.1 Å². The van der Waals surface area contributed by atoms with Crippen molar-refractivity contribution in [2.24, 2.45) is 0 Å². The van der Waals surface area contributed by atoms with Gasteiger partial charge in [-0.05, 0) is 6.42 Å². The van der Waals surface area contributed by atoms with Gasteiger partial charge < -0.3 is 10.2 Å². The topological polar surface area (TPSA) is 46.0 Å². The van der Waals surface area contributed by atoms with Crippen LogP contribution in [0.1, 0.15) is 19.2 Å². The number of hydrogen-bond acceptors (Lipinski definition) is 5. The molecule has 1 aromatic heterocycles. The Morgan fingerprint density at radius 2 is 2.17 bits per heavy atom. The summed E-state index contributed by atoms with van der Waals surface area (Å²) >= 11 is 2.06. The second kappa shape index (κ2) is 7.76. The molecule has 0 bridgehead atoms. The summed E-state index contributed by atoms with van der Waals surface area (Å²) in [6, 6.07) is 0. The Balaban J connectivity index is 1.63. The maximum atomic E-state index is 4.29. The Kier molecular flexibility index (Phi) is 5.96. The van der Waals surface area contributed by atoms with Gasteiger partial charge >= 0.3 is 0 Å². The molecule has 0 atom stereocenters. The van der Waals surface area contributed by atoms with Crippen molar-refractivity contribution in [2.45, 2.75) is 26.4 Å². The monoisotopic (exact) mass is 269 g/mol. The number of nitrogens with one attached hydrogen (secondary N) is 1. The van der Waals surface area contributed by atoms with Gasteiger partial charge in [-0.2, -0.15) is 16.9 Å². The molecule has 1 aliphatic rings. The molecule has 1 N–H and O–H groups in total. The zero-order valence-electron chi connectivity index (χ0n) is 11.1. The van der Waals surface area contributed by atoms with Gasteiger partial charge in [0.15, 0.2) is 0 Å². The van der Waals surface area contributed by atoms with E-state index in [0.29, 0.717) is 0 Å². The van der Waals surface area contributed by atoms with Gasteiger partial charge in [-0.25, -0.2) is 9.67 Å². The first-order valence-electron chi connectivity index (χ1n) is 6.77. The molecule has 5 nitrogen and oxygen atoms in total. The SMILES string of the molecule is CCCn1ncnc1CNCCN1CCSCC1. The summed E-state index contributed by atoms with van der Waals surface area (Å²) in [6.45, 7) is 8.58. The lowest BCUT2D eigenvalue weighted by Gasteiger charge is -2.26. The Morgan fingerprint density at radius 1 is 1.33 bits per heavy atom. The fraction of sp³-hybridized carbons (Fsp3) is 0.833. The summed E-state index contributed by atoms with van der Waals surface area (Å²) in [5.41, 5.74) is 0. The van der Waals surface area contributed by atoms with Crippen LogP contribution in [0, 0.1) is 0 Å². The van der Waals surface area contributed by atoms with Crippen molar-refractivity contribution in [1.29, 1.82) is 0 Å². The number of thioether (sulfide) groups is 1. The molecule has 0 unspecified atom stereocenters. The minimum Gasteiger partial charge on any atom is -0.309 e. The summed E-state index contributed by atoms with van der Waals surface area (Å²) in [4.78, 5) is 6.82. The molecule has 0 aliphatic carbocycles. The smallest absolute Gasteiger partial charge is 0.140 e. The third kappa shape index (κ3) is 4.26. The molecule has 1 aliphatic heterocycles. The van der Waals surface area contributed by atoms with Gasteiger partial charge in [0.25, 0.3) is 0 Å². The van der Waals surface area contributed by atoms with E-state index >= 15 is 0 Å². The van der Waals surface area contributed by atoms with E-state index in [9.17, 15) is 0 Å². The number of rotatable bonds is 7. The van der Waals surface area contributed by atoms with Crippen LogP contribution < -0.4 is 5.32 Å².